The summed E-state index contributed by atoms with van der Waals surface area (Å²) in [6, 6.07) is 5.62. The number of rotatable bonds is 3. The fourth-order valence-corrected chi connectivity index (χ4v) is 4.71. The number of H-pyrrole nitrogens is 1. The number of carbonyl (C=O) groups is 2. The first-order chi connectivity index (χ1) is 12.7. The van der Waals surface area contributed by atoms with Gasteiger partial charge < -0.3 is 14.5 Å². The minimum atomic E-state index is -0.0315. The van der Waals surface area contributed by atoms with Crippen molar-refractivity contribution >= 4 is 23.2 Å². The molecule has 4 heterocycles. The highest BCUT2D eigenvalue weighted by atomic mass is 32.1. The third kappa shape index (κ3) is 3.39. The Labute approximate surface area is 155 Å². The van der Waals surface area contributed by atoms with Crippen LogP contribution in [0.1, 0.15) is 50.3 Å². The van der Waals surface area contributed by atoms with E-state index in [0.29, 0.717) is 25.5 Å². The quantitative estimate of drug-likeness (QED) is 0.894. The molecule has 7 nitrogen and oxygen atoms in total. The first-order valence-electron chi connectivity index (χ1n) is 9.01. The molecular formula is C18H22N4O3S. The molecule has 2 aromatic heterocycles. The zero-order valence-corrected chi connectivity index (χ0v) is 15.3. The number of aromatic amines is 1. The van der Waals surface area contributed by atoms with Crippen molar-refractivity contribution in [3.63, 3.8) is 0 Å². The summed E-state index contributed by atoms with van der Waals surface area (Å²) in [6.45, 7) is 3.41. The van der Waals surface area contributed by atoms with Gasteiger partial charge in [0.15, 0.2) is 0 Å². The van der Waals surface area contributed by atoms with E-state index in [1.807, 2.05) is 21.9 Å². The zero-order chi connectivity index (χ0) is 17.9. The summed E-state index contributed by atoms with van der Waals surface area (Å²) in [5.74, 6) is 0.0344. The molecule has 0 radical (unpaired) electrons. The van der Waals surface area contributed by atoms with E-state index in [9.17, 15) is 9.59 Å². The molecule has 0 saturated carbocycles. The van der Waals surface area contributed by atoms with Crippen molar-refractivity contribution in [2.45, 2.75) is 25.3 Å². The fraction of sp³-hybridized carbons (Fsp3) is 0.500. The van der Waals surface area contributed by atoms with Crippen molar-refractivity contribution in [2.24, 2.45) is 0 Å². The predicted octanol–water partition coefficient (Wildman–Crippen LogP) is 2.31. The number of amides is 2. The van der Waals surface area contributed by atoms with Gasteiger partial charge in [0.25, 0.3) is 11.8 Å². The van der Waals surface area contributed by atoms with Crippen LogP contribution in [0.2, 0.25) is 0 Å². The molecule has 2 saturated heterocycles. The minimum absolute atomic E-state index is 0.0315. The minimum Gasteiger partial charge on any atom is -0.380 e. The largest absolute Gasteiger partial charge is 0.380 e. The van der Waals surface area contributed by atoms with Crippen molar-refractivity contribution < 1.29 is 14.3 Å². The number of hydrogen-bond acceptors (Lipinski definition) is 5. The van der Waals surface area contributed by atoms with Crippen molar-refractivity contribution in [1.82, 2.24) is 20.0 Å². The molecule has 2 aliphatic heterocycles. The number of ether oxygens (including phenoxy) is 1. The topological polar surface area (TPSA) is 78.5 Å². The van der Waals surface area contributed by atoms with Gasteiger partial charge in [-0.05, 0) is 37.5 Å². The maximum absolute atomic E-state index is 12.8. The number of thiophene rings is 1. The fourth-order valence-electron chi connectivity index (χ4n) is 3.59. The maximum Gasteiger partial charge on any atom is 0.272 e. The Bertz CT molecular complexity index is 765. The Morgan fingerprint density at radius 3 is 2.88 bits per heavy atom. The summed E-state index contributed by atoms with van der Waals surface area (Å²) in [7, 11) is 0. The van der Waals surface area contributed by atoms with Gasteiger partial charge in [-0.3, -0.25) is 14.7 Å². The lowest BCUT2D eigenvalue weighted by Crippen LogP contribution is -2.32. The monoisotopic (exact) mass is 374 g/mol. The Hall–Kier alpha value is -2.19. The van der Waals surface area contributed by atoms with Crippen LogP contribution < -0.4 is 0 Å². The van der Waals surface area contributed by atoms with Crippen LogP contribution in [0.15, 0.2) is 24.4 Å². The molecule has 1 N–H and O–H groups in total. The number of nitrogens with zero attached hydrogens (tertiary/aromatic N) is 3. The second-order valence-corrected chi connectivity index (χ2v) is 7.70. The third-order valence-electron chi connectivity index (χ3n) is 4.92. The highest BCUT2D eigenvalue weighted by Gasteiger charge is 2.32. The first kappa shape index (κ1) is 17.2. The third-order valence-corrected chi connectivity index (χ3v) is 6.09. The van der Waals surface area contributed by atoms with Crippen molar-refractivity contribution in [2.75, 3.05) is 32.8 Å². The van der Waals surface area contributed by atoms with Crippen LogP contribution in [0.25, 0.3) is 0 Å². The molecule has 138 valence electrons. The molecule has 1 unspecified atom stereocenters. The molecular weight excluding hydrogens is 352 g/mol. The van der Waals surface area contributed by atoms with E-state index < -0.39 is 0 Å². The van der Waals surface area contributed by atoms with Gasteiger partial charge in [-0.25, -0.2) is 0 Å². The Balaban J connectivity index is 1.49. The summed E-state index contributed by atoms with van der Waals surface area (Å²) in [4.78, 5) is 31.0. The molecule has 1 atom stereocenters. The van der Waals surface area contributed by atoms with E-state index in [0.717, 1.165) is 42.1 Å². The lowest BCUT2D eigenvalue weighted by atomic mass is 10.2. The molecule has 0 bridgehead atoms. The maximum atomic E-state index is 12.8. The van der Waals surface area contributed by atoms with Crippen LogP contribution >= 0.6 is 11.3 Å². The van der Waals surface area contributed by atoms with Crippen LogP contribution in [-0.2, 0) is 4.74 Å². The summed E-state index contributed by atoms with van der Waals surface area (Å²) in [5, 5.41) is 6.62. The average Bonchev–Trinajstić information content (AvgIpc) is 3.38. The van der Waals surface area contributed by atoms with Crippen LogP contribution in [0.4, 0.5) is 0 Å². The molecule has 4 rings (SSSR count). The van der Waals surface area contributed by atoms with E-state index >= 15 is 0 Å². The molecule has 26 heavy (non-hydrogen) atoms. The van der Waals surface area contributed by atoms with Crippen molar-refractivity contribution in [3.8, 4) is 0 Å². The SMILES string of the molecule is O=C(c1ccc(C2CCCN2C(=O)c2ccn[nH]2)s1)N1CCCOCC1. The molecule has 0 aromatic carbocycles. The highest BCUT2D eigenvalue weighted by Crippen LogP contribution is 2.37. The van der Waals surface area contributed by atoms with Gasteiger partial charge in [0.1, 0.15) is 5.69 Å². The van der Waals surface area contributed by atoms with Gasteiger partial charge in [0.05, 0.1) is 17.5 Å². The second-order valence-electron chi connectivity index (χ2n) is 6.59. The molecule has 2 amide bonds. The molecule has 2 aliphatic rings. The molecule has 2 fully saturated rings. The molecule has 0 aliphatic carbocycles. The number of likely N-dealkylation sites (tertiary alicyclic amines) is 1. The van der Waals surface area contributed by atoms with E-state index in [1.165, 1.54) is 11.3 Å². The lowest BCUT2D eigenvalue weighted by molar-refractivity contribution is 0.0730. The van der Waals surface area contributed by atoms with E-state index in [1.54, 1.807) is 12.3 Å². The van der Waals surface area contributed by atoms with E-state index in [4.69, 9.17) is 4.74 Å². The first-order valence-corrected chi connectivity index (χ1v) is 9.83. The van der Waals surface area contributed by atoms with Crippen molar-refractivity contribution in [3.05, 3.63) is 39.8 Å². The van der Waals surface area contributed by atoms with Crippen LogP contribution in [0, 0.1) is 0 Å². The number of carbonyl (C=O) groups excluding carboxylic acids is 2. The smallest absolute Gasteiger partial charge is 0.272 e. The standard InChI is InChI=1S/C18H22N4O3S/c23-17(13-6-7-19-20-13)22-9-1-3-14(22)15-4-5-16(26-15)18(24)21-8-2-11-25-12-10-21/h4-7,14H,1-3,8-12H2,(H,19,20). The van der Waals surface area contributed by atoms with Gasteiger partial charge in [0, 0.05) is 37.3 Å². The van der Waals surface area contributed by atoms with Gasteiger partial charge in [-0.2, -0.15) is 5.10 Å². The molecule has 0 spiro atoms. The van der Waals surface area contributed by atoms with Gasteiger partial charge in [-0.15, -0.1) is 11.3 Å². The molecule has 8 heteroatoms. The predicted molar refractivity (Wildman–Crippen MR) is 97.3 cm³/mol. The molecule has 2 aromatic rings. The summed E-state index contributed by atoms with van der Waals surface area (Å²) >= 11 is 1.51. The van der Waals surface area contributed by atoms with E-state index in [-0.39, 0.29) is 17.9 Å². The van der Waals surface area contributed by atoms with Crippen LogP contribution in [-0.4, -0.2) is 64.7 Å². The van der Waals surface area contributed by atoms with Gasteiger partial charge in [-0.1, -0.05) is 0 Å². The van der Waals surface area contributed by atoms with E-state index in [2.05, 4.69) is 10.2 Å². The van der Waals surface area contributed by atoms with Gasteiger partial charge >= 0.3 is 0 Å². The summed E-state index contributed by atoms with van der Waals surface area (Å²) in [6.07, 6.45) is 4.35. The Kier molecular flexibility index (Phi) is 5.03. The Morgan fingerprint density at radius 1 is 1.12 bits per heavy atom. The number of aromatic nitrogens is 2. The lowest BCUT2D eigenvalue weighted by Gasteiger charge is -2.23. The highest BCUT2D eigenvalue weighted by molar-refractivity contribution is 7.14. The normalized spacial score (nSPS) is 21.0. The number of hydrogen-bond donors (Lipinski definition) is 1. The Morgan fingerprint density at radius 2 is 2.04 bits per heavy atom. The second kappa shape index (κ2) is 7.59. The van der Waals surface area contributed by atoms with Gasteiger partial charge in [0.2, 0.25) is 0 Å². The summed E-state index contributed by atoms with van der Waals surface area (Å²) < 4.78 is 5.43. The van der Waals surface area contributed by atoms with Crippen molar-refractivity contribution in [1.29, 1.82) is 0 Å². The zero-order valence-electron chi connectivity index (χ0n) is 14.5. The average molecular weight is 374 g/mol. The summed E-state index contributed by atoms with van der Waals surface area (Å²) in [5.41, 5.74) is 0.509. The van der Waals surface area contributed by atoms with Crippen LogP contribution in [0.5, 0.6) is 0 Å². The van der Waals surface area contributed by atoms with Crippen LogP contribution in [0.3, 0.4) is 0 Å². The number of nitrogens with one attached hydrogen (secondary N) is 1.